The van der Waals surface area contributed by atoms with Crippen LogP contribution in [0.25, 0.3) is 0 Å². The first-order valence-electron chi connectivity index (χ1n) is 6.94. The van der Waals surface area contributed by atoms with Gasteiger partial charge in [0.2, 0.25) is 10.0 Å². The van der Waals surface area contributed by atoms with Gasteiger partial charge in [0.15, 0.2) is 0 Å². The summed E-state index contributed by atoms with van der Waals surface area (Å²) < 4.78 is 44.8. The van der Waals surface area contributed by atoms with Crippen molar-refractivity contribution in [2.75, 3.05) is 13.2 Å². The fourth-order valence-corrected chi connectivity index (χ4v) is 3.15. The Labute approximate surface area is 140 Å². The molecule has 124 valence electrons. The zero-order valence-corrected chi connectivity index (χ0v) is 14.3. The van der Waals surface area contributed by atoms with Gasteiger partial charge in [-0.05, 0) is 61.4 Å². The summed E-state index contributed by atoms with van der Waals surface area (Å²) in [6.07, 6.45) is 0. The van der Waals surface area contributed by atoms with E-state index in [9.17, 15) is 12.8 Å². The van der Waals surface area contributed by atoms with Gasteiger partial charge in [0.1, 0.15) is 18.2 Å². The van der Waals surface area contributed by atoms with Gasteiger partial charge in [-0.1, -0.05) is 11.6 Å². The van der Waals surface area contributed by atoms with E-state index in [0.29, 0.717) is 10.8 Å². The average molecular weight is 358 g/mol. The van der Waals surface area contributed by atoms with Gasteiger partial charge in [0.05, 0.1) is 4.90 Å². The first-order chi connectivity index (χ1) is 10.8. The maximum atomic E-state index is 12.8. The topological polar surface area (TPSA) is 55.4 Å². The second-order valence-corrected chi connectivity index (χ2v) is 7.22. The molecule has 0 radical (unpaired) electrons. The molecule has 2 rings (SSSR count). The van der Waals surface area contributed by atoms with E-state index in [2.05, 4.69) is 4.72 Å². The van der Waals surface area contributed by atoms with E-state index in [1.807, 2.05) is 13.8 Å². The third-order valence-corrected chi connectivity index (χ3v) is 5.27. The summed E-state index contributed by atoms with van der Waals surface area (Å²) in [6, 6.07) is 8.22. The summed E-state index contributed by atoms with van der Waals surface area (Å²) in [5, 5.41) is 0.689. The van der Waals surface area contributed by atoms with E-state index in [1.165, 1.54) is 12.1 Å². The van der Waals surface area contributed by atoms with E-state index >= 15 is 0 Å². The SMILES string of the molecule is Cc1cc(OCCNS(=O)(=O)c2ccc(F)cc2)cc(C)c1Cl. The number of benzene rings is 2. The summed E-state index contributed by atoms with van der Waals surface area (Å²) in [7, 11) is -3.67. The van der Waals surface area contributed by atoms with Crippen molar-refractivity contribution >= 4 is 21.6 Å². The minimum absolute atomic E-state index is 0.0112. The summed E-state index contributed by atoms with van der Waals surface area (Å²) in [5.74, 6) is 0.145. The third kappa shape index (κ3) is 4.67. The van der Waals surface area contributed by atoms with Gasteiger partial charge in [0.25, 0.3) is 0 Å². The van der Waals surface area contributed by atoms with Crippen molar-refractivity contribution in [3.05, 3.63) is 58.4 Å². The first-order valence-corrected chi connectivity index (χ1v) is 8.80. The lowest BCUT2D eigenvalue weighted by atomic mass is 10.1. The highest BCUT2D eigenvalue weighted by molar-refractivity contribution is 7.89. The molecular formula is C16H17ClFNO3S. The van der Waals surface area contributed by atoms with Crippen molar-refractivity contribution < 1.29 is 17.5 Å². The molecule has 0 fully saturated rings. The minimum Gasteiger partial charge on any atom is -0.492 e. The van der Waals surface area contributed by atoms with Gasteiger partial charge in [0, 0.05) is 11.6 Å². The molecule has 0 heterocycles. The van der Waals surface area contributed by atoms with Gasteiger partial charge in [-0.3, -0.25) is 0 Å². The van der Waals surface area contributed by atoms with Crippen LogP contribution >= 0.6 is 11.6 Å². The Morgan fingerprint density at radius 1 is 1.13 bits per heavy atom. The van der Waals surface area contributed by atoms with Crippen LogP contribution in [0.2, 0.25) is 5.02 Å². The summed E-state index contributed by atoms with van der Waals surface area (Å²) in [6.45, 7) is 4.01. The summed E-state index contributed by atoms with van der Waals surface area (Å²) in [4.78, 5) is 0.0112. The van der Waals surface area contributed by atoms with Gasteiger partial charge >= 0.3 is 0 Å². The predicted molar refractivity (Wildman–Crippen MR) is 88.0 cm³/mol. The predicted octanol–water partition coefficient (Wildman–Crippen LogP) is 3.45. The molecule has 0 unspecified atom stereocenters. The second-order valence-electron chi connectivity index (χ2n) is 5.07. The lowest BCUT2D eigenvalue weighted by Crippen LogP contribution is -2.28. The number of hydrogen-bond acceptors (Lipinski definition) is 3. The quantitative estimate of drug-likeness (QED) is 0.805. The fraction of sp³-hybridized carbons (Fsp3) is 0.250. The Morgan fingerprint density at radius 3 is 2.26 bits per heavy atom. The highest BCUT2D eigenvalue weighted by Crippen LogP contribution is 2.25. The van der Waals surface area contributed by atoms with Crippen molar-refractivity contribution in [3.63, 3.8) is 0 Å². The molecule has 0 bridgehead atoms. The van der Waals surface area contributed by atoms with E-state index in [1.54, 1.807) is 12.1 Å². The zero-order valence-electron chi connectivity index (χ0n) is 12.8. The van der Waals surface area contributed by atoms with Crippen molar-refractivity contribution in [3.8, 4) is 5.75 Å². The molecule has 23 heavy (non-hydrogen) atoms. The highest BCUT2D eigenvalue weighted by atomic mass is 35.5. The van der Waals surface area contributed by atoms with Crippen LogP contribution in [0.15, 0.2) is 41.3 Å². The minimum atomic E-state index is -3.67. The van der Waals surface area contributed by atoms with E-state index in [-0.39, 0.29) is 18.0 Å². The molecule has 7 heteroatoms. The number of hydrogen-bond donors (Lipinski definition) is 1. The molecule has 0 saturated carbocycles. The molecule has 4 nitrogen and oxygen atoms in total. The maximum Gasteiger partial charge on any atom is 0.240 e. The van der Waals surface area contributed by atoms with Gasteiger partial charge in [-0.25, -0.2) is 17.5 Å². The van der Waals surface area contributed by atoms with E-state index in [0.717, 1.165) is 23.3 Å². The average Bonchev–Trinajstić information content (AvgIpc) is 2.49. The number of aryl methyl sites for hydroxylation is 2. The van der Waals surface area contributed by atoms with Crippen LogP contribution in [0.1, 0.15) is 11.1 Å². The molecule has 0 amide bonds. The van der Waals surface area contributed by atoms with E-state index < -0.39 is 15.8 Å². The van der Waals surface area contributed by atoms with Crippen LogP contribution in [0, 0.1) is 19.7 Å². The Kier molecular flexibility index (Phi) is 5.62. The highest BCUT2D eigenvalue weighted by Gasteiger charge is 2.13. The second kappa shape index (κ2) is 7.29. The molecule has 0 saturated heterocycles. The van der Waals surface area contributed by atoms with Crippen LogP contribution in [-0.4, -0.2) is 21.6 Å². The largest absolute Gasteiger partial charge is 0.492 e. The Bertz CT molecular complexity index is 768. The Hall–Kier alpha value is -1.63. The first kappa shape index (κ1) is 17.7. The molecule has 0 spiro atoms. The van der Waals surface area contributed by atoms with Gasteiger partial charge < -0.3 is 4.74 Å². The van der Waals surface area contributed by atoms with Crippen LogP contribution in [0.4, 0.5) is 4.39 Å². The number of ether oxygens (including phenoxy) is 1. The van der Waals surface area contributed by atoms with Crippen LogP contribution in [0.5, 0.6) is 5.75 Å². The number of nitrogens with one attached hydrogen (secondary N) is 1. The van der Waals surface area contributed by atoms with Crippen LogP contribution in [0.3, 0.4) is 0 Å². The number of rotatable bonds is 6. The third-order valence-electron chi connectivity index (χ3n) is 3.20. The molecule has 0 aromatic heterocycles. The van der Waals surface area contributed by atoms with Crippen LogP contribution in [-0.2, 0) is 10.0 Å². The standard InChI is InChI=1S/C16H17ClFNO3S/c1-11-9-14(10-12(2)16(11)17)22-8-7-19-23(20,21)15-5-3-13(18)4-6-15/h3-6,9-10,19H,7-8H2,1-2H3. The monoisotopic (exact) mass is 357 g/mol. The summed E-state index contributed by atoms with van der Waals surface area (Å²) >= 11 is 6.08. The molecule has 2 aromatic carbocycles. The molecule has 0 aliphatic carbocycles. The smallest absolute Gasteiger partial charge is 0.240 e. The Balaban J connectivity index is 1.91. The molecule has 1 N–H and O–H groups in total. The summed E-state index contributed by atoms with van der Waals surface area (Å²) in [5.41, 5.74) is 1.79. The van der Waals surface area contributed by atoms with Crippen molar-refractivity contribution in [2.24, 2.45) is 0 Å². The maximum absolute atomic E-state index is 12.8. The van der Waals surface area contributed by atoms with Crippen LogP contribution < -0.4 is 9.46 Å². The van der Waals surface area contributed by atoms with Crippen molar-refractivity contribution in [1.82, 2.24) is 4.72 Å². The Morgan fingerprint density at radius 2 is 1.70 bits per heavy atom. The molecule has 0 aliphatic heterocycles. The molecule has 2 aromatic rings. The van der Waals surface area contributed by atoms with E-state index in [4.69, 9.17) is 16.3 Å². The number of halogens is 2. The van der Waals surface area contributed by atoms with Crippen molar-refractivity contribution in [2.45, 2.75) is 18.7 Å². The van der Waals surface area contributed by atoms with Gasteiger partial charge in [-0.15, -0.1) is 0 Å². The molecule has 0 aliphatic rings. The molecular weight excluding hydrogens is 341 g/mol. The van der Waals surface area contributed by atoms with Gasteiger partial charge in [-0.2, -0.15) is 0 Å². The molecule has 0 atom stereocenters. The zero-order chi connectivity index (χ0) is 17.0. The fourth-order valence-electron chi connectivity index (χ4n) is 2.03. The lowest BCUT2D eigenvalue weighted by molar-refractivity contribution is 0.322. The normalized spacial score (nSPS) is 11.5. The number of sulfonamides is 1. The van der Waals surface area contributed by atoms with Crippen molar-refractivity contribution in [1.29, 1.82) is 0 Å². The lowest BCUT2D eigenvalue weighted by Gasteiger charge is -2.11.